The summed E-state index contributed by atoms with van der Waals surface area (Å²) in [6.07, 6.45) is 4.34. The molecule has 2 N–H and O–H groups in total. The molecule has 2 amide bonds. The summed E-state index contributed by atoms with van der Waals surface area (Å²) < 4.78 is 5.43. The number of ether oxygens (including phenoxy) is 1. The van der Waals surface area contributed by atoms with Gasteiger partial charge >= 0.3 is 0 Å². The van der Waals surface area contributed by atoms with Gasteiger partial charge < -0.3 is 20.3 Å². The van der Waals surface area contributed by atoms with Crippen molar-refractivity contribution in [3.05, 3.63) is 29.8 Å². The smallest absolute Gasteiger partial charge is 0.238 e. The van der Waals surface area contributed by atoms with E-state index in [1.54, 1.807) is 19.1 Å². The molecule has 0 atom stereocenters. The maximum absolute atomic E-state index is 12.5. The number of carbonyl (C=O) groups excluding carboxylic acids is 2. The normalized spacial score (nSPS) is 19.5. The lowest BCUT2D eigenvalue weighted by molar-refractivity contribution is -0.142. The summed E-state index contributed by atoms with van der Waals surface area (Å²) in [5.74, 6) is 0.889. The molecule has 1 aliphatic heterocycles. The fourth-order valence-corrected chi connectivity index (χ4v) is 4.11. The molecule has 1 saturated heterocycles. The highest BCUT2D eigenvalue weighted by atomic mass is 16.5. The maximum Gasteiger partial charge on any atom is 0.238 e. The summed E-state index contributed by atoms with van der Waals surface area (Å²) in [5.41, 5.74) is 5.77. The Labute approximate surface area is 161 Å². The Hall–Kier alpha value is -2.08. The first kappa shape index (κ1) is 19.7. The monoisotopic (exact) mass is 373 g/mol. The van der Waals surface area contributed by atoms with Gasteiger partial charge in [0, 0.05) is 20.1 Å². The van der Waals surface area contributed by atoms with Crippen molar-refractivity contribution in [2.24, 2.45) is 17.1 Å². The predicted molar refractivity (Wildman–Crippen MR) is 104 cm³/mol. The number of nitrogens with zero attached hydrogens (tertiary/aromatic N) is 2. The summed E-state index contributed by atoms with van der Waals surface area (Å²) in [7, 11) is 3.52. The van der Waals surface area contributed by atoms with E-state index in [-0.39, 0.29) is 5.91 Å². The molecular weight excluding hydrogens is 342 g/mol. The van der Waals surface area contributed by atoms with Crippen LogP contribution in [0.15, 0.2) is 24.3 Å². The number of rotatable bonds is 8. The van der Waals surface area contributed by atoms with Gasteiger partial charge in [-0.05, 0) is 62.7 Å². The van der Waals surface area contributed by atoms with Crippen molar-refractivity contribution < 1.29 is 14.3 Å². The van der Waals surface area contributed by atoms with Crippen LogP contribution in [-0.2, 0) is 16.0 Å². The Bertz CT molecular complexity index is 679. The number of nitrogens with two attached hydrogens (primary N) is 1. The van der Waals surface area contributed by atoms with Crippen LogP contribution in [-0.4, -0.2) is 62.0 Å². The second kappa shape index (κ2) is 8.30. The molecule has 3 rings (SSSR count). The average molecular weight is 373 g/mol. The molecule has 6 heteroatoms. The highest BCUT2D eigenvalue weighted by molar-refractivity contribution is 6.07. The number of likely N-dealkylation sites (tertiary alicyclic amines) is 1. The lowest BCUT2D eigenvalue weighted by atomic mass is 9.95. The highest BCUT2D eigenvalue weighted by Gasteiger charge is 2.56. The summed E-state index contributed by atoms with van der Waals surface area (Å²) in [4.78, 5) is 28.3. The summed E-state index contributed by atoms with van der Waals surface area (Å²) >= 11 is 0. The molecule has 27 heavy (non-hydrogen) atoms. The molecule has 0 spiro atoms. The minimum atomic E-state index is -0.899. The second-order valence-electron chi connectivity index (χ2n) is 7.98. The molecule has 0 radical (unpaired) electrons. The molecule has 6 nitrogen and oxygen atoms in total. The molecule has 1 aromatic carbocycles. The number of amides is 2. The van der Waals surface area contributed by atoms with E-state index in [2.05, 4.69) is 17.0 Å². The van der Waals surface area contributed by atoms with Crippen molar-refractivity contribution >= 4 is 11.8 Å². The van der Waals surface area contributed by atoms with Gasteiger partial charge in [0.05, 0.1) is 7.11 Å². The van der Waals surface area contributed by atoms with Crippen molar-refractivity contribution in [1.29, 1.82) is 0 Å². The van der Waals surface area contributed by atoms with E-state index in [9.17, 15) is 9.59 Å². The van der Waals surface area contributed by atoms with Gasteiger partial charge in [-0.3, -0.25) is 9.59 Å². The third kappa shape index (κ3) is 4.43. The number of para-hydroxylation sites is 1. The first-order valence-corrected chi connectivity index (χ1v) is 9.86. The number of primary amides is 1. The first-order valence-electron chi connectivity index (χ1n) is 9.86. The number of methoxy groups -OCH3 is 1. The van der Waals surface area contributed by atoms with Crippen molar-refractivity contribution in [2.45, 2.75) is 32.1 Å². The van der Waals surface area contributed by atoms with Gasteiger partial charge in [0.1, 0.15) is 11.2 Å². The Kier molecular flexibility index (Phi) is 6.05. The molecular formula is C21H31N3O3. The molecule has 1 heterocycles. The van der Waals surface area contributed by atoms with Gasteiger partial charge in [0.2, 0.25) is 11.8 Å². The quantitative estimate of drug-likeness (QED) is 0.704. The molecule has 1 aromatic rings. The molecule has 1 saturated carbocycles. The third-order valence-corrected chi connectivity index (χ3v) is 6.11. The summed E-state index contributed by atoms with van der Waals surface area (Å²) in [5, 5.41) is 0. The average Bonchev–Trinajstić information content (AvgIpc) is 3.49. The minimum absolute atomic E-state index is 0.0893. The fourth-order valence-electron chi connectivity index (χ4n) is 4.11. The van der Waals surface area contributed by atoms with Crippen LogP contribution in [0.1, 0.15) is 31.2 Å². The van der Waals surface area contributed by atoms with E-state index in [0.717, 1.165) is 44.6 Å². The topological polar surface area (TPSA) is 75.9 Å². The molecule has 2 fully saturated rings. The van der Waals surface area contributed by atoms with Gasteiger partial charge in [0.15, 0.2) is 0 Å². The lowest BCUT2D eigenvalue weighted by Gasteiger charge is -2.34. The van der Waals surface area contributed by atoms with Gasteiger partial charge in [-0.15, -0.1) is 0 Å². The minimum Gasteiger partial charge on any atom is -0.496 e. The molecule has 2 aliphatic rings. The molecule has 0 bridgehead atoms. The van der Waals surface area contributed by atoms with Crippen LogP contribution in [0.4, 0.5) is 0 Å². The van der Waals surface area contributed by atoms with Crippen LogP contribution in [0.3, 0.4) is 0 Å². The lowest BCUT2D eigenvalue weighted by Crippen LogP contribution is -2.45. The second-order valence-corrected chi connectivity index (χ2v) is 7.98. The number of hydrogen-bond acceptors (Lipinski definition) is 4. The first-order chi connectivity index (χ1) is 13.0. The molecule has 1 aliphatic carbocycles. The van der Waals surface area contributed by atoms with Crippen LogP contribution in [0, 0.1) is 11.3 Å². The molecule has 0 unspecified atom stereocenters. The van der Waals surface area contributed by atoms with Gasteiger partial charge in [-0.1, -0.05) is 18.2 Å². The Morgan fingerprint density at radius 3 is 2.52 bits per heavy atom. The Morgan fingerprint density at radius 2 is 1.93 bits per heavy atom. The van der Waals surface area contributed by atoms with Gasteiger partial charge in [-0.2, -0.15) is 0 Å². The number of benzene rings is 1. The van der Waals surface area contributed by atoms with Crippen LogP contribution in [0.2, 0.25) is 0 Å². The summed E-state index contributed by atoms with van der Waals surface area (Å²) in [6, 6.07) is 8.18. The van der Waals surface area contributed by atoms with Crippen LogP contribution in [0.25, 0.3) is 0 Å². The van der Waals surface area contributed by atoms with E-state index in [0.29, 0.717) is 25.3 Å². The largest absolute Gasteiger partial charge is 0.496 e. The van der Waals surface area contributed by atoms with E-state index in [1.807, 2.05) is 12.1 Å². The van der Waals surface area contributed by atoms with Crippen molar-refractivity contribution in [3.63, 3.8) is 0 Å². The number of hydrogen-bond donors (Lipinski definition) is 1. The SMILES string of the molecule is COc1ccccc1CCN1CCC(CN(C)C(=O)C2(C(N)=O)CC2)CC1. The predicted octanol–water partition coefficient (Wildman–Crippen LogP) is 1.67. The van der Waals surface area contributed by atoms with Crippen LogP contribution >= 0.6 is 0 Å². The number of piperidine rings is 1. The van der Waals surface area contributed by atoms with E-state index < -0.39 is 11.3 Å². The third-order valence-electron chi connectivity index (χ3n) is 6.11. The summed E-state index contributed by atoms with van der Waals surface area (Å²) in [6.45, 7) is 3.83. The van der Waals surface area contributed by atoms with E-state index in [1.165, 1.54) is 5.56 Å². The number of carbonyl (C=O) groups is 2. The highest BCUT2D eigenvalue weighted by Crippen LogP contribution is 2.46. The van der Waals surface area contributed by atoms with Crippen LogP contribution in [0.5, 0.6) is 5.75 Å². The fraction of sp³-hybridized carbons (Fsp3) is 0.619. The van der Waals surface area contributed by atoms with Gasteiger partial charge in [-0.25, -0.2) is 0 Å². The van der Waals surface area contributed by atoms with E-state index >= 15 is 0 Å². The zero-order valence-electron chi connectivity index (χ0n) is 16.4. The molecule has 148 valence electrons. The Balaban J connectivity index is 1.42. The van der Waals surface area contributed by atoms with E-state index in [4.69, 9.17) is 10.5 Å². The van der Waals surface area contributed by atoms with Crippen molar-refractivity contribution in [2.75, 3.05) is 40.3 Å². The maximum atomic E-state index is 12.5. The Morgan fingerprint density at radius 1 is 1.26 bits per heavy atom. The zero-order chi connectivity index (χ0) is 19.4. The van der Waals surface area contributed by atoms with Crippen LogP contribution < -0.4 is 10.5 Å². The standard InChI is InChI=1S/C21H31N3O3/c1-23(20(26)21(10-11-21)19(22)25)15-16-7-12-24(13-8-16)14-9-17-5-3-4-6-18(17)27-2/h3-6,16H,7-15H2,1-2H3,(H2,22,25). The molecule has 0 aromatic heterocycles. The zero-order valence-corrected chi connectivity index (χ0v) is 16.4. The van der Waals surface area contributed by atoms with Gasteiger partial charge in [0.25, 0.3) is 0 Å². The van der Waals surface area contributed by atoms with Crippen molar-refractivity contribution in [1.82, 2.24) is 9.80 Å². The van der Waals surface area contributed by atoms with Crippen molar-refractivity contribution in [3.8, 4) is 5.75 Å².